The van der Waals surface area contributed by atoms with Crippen molar-refractivity contribution >= 4 is 32.3 Å². The third kappa shape index (κ3) is 6.25. The maximum atomic E-state index is 13.3. The Morgan fingerprint density at radius 1 is 1.03 bits per heavy atom. The fourth-order valence-electron chi connectivity index (χ4n) is 4.44. The predicted octanol–water partition coefficient (Wildman–Crippen LogP) is 1.68. The first kappa shape index (κ1) is 26.6. The fourth-order valence-corrected chi connectivity index (χ4v) is 5.00. The SMILES string of the molecule is CCCOc1cc2c(=O)n(CCN3CCN(c4ccccc4OC)CC3)c(=O)[nH]c2cc1NS(C)(=O)=O. The molecule has 1 aliphatic heterocycles. The summed E-state index contributed by atoms with van der Waals surface area (Å²) < 4.78 is 38.4. The molecule has 1 aromatic heterocycles. The van der Waals surface area contributed by atoms with Crippen LogP contribution in [0, 0.1) is 0 Å². The average molecular weight is 532 g/mol. The van der Waals surface area contributed by atoms with E-state index in [0.29, 0.717) is 19.6 Å². The summed E-state index contributed by atoms with van der Waals surface area (Å²) in [5, 5.41) is 0.255. The van der Waals surface area contributed by atoms with E-state index in [1.54, 1.807) is 7.11 Å². The minimum absolute atomic E-state index is 0.171. The van der Waals surface area contributed by atoms with Gasteiger partial charge in [0.2, 0.25) is 10.0 Å². The number of piperazine rings is 1. The lowest BCUT2D eigenvalue weighted by Gasteiger charge is -2.36. The Morgan fingerprint density at radius 2 is 1.76 bits per heavy atom. The number of H-pyrrole nitrogens is 1. The summed E-state index contributed by atoms with van der Waals surface area (Å²) in [7, 11) is -1.93. The summed E-state index contributed by atoms with van der Waals surface area (Å²) in [6, 6.07) is 10.8. The van der Waals surface area contributed by atoms with E-state index < -0.39 is 21.3 Å². The molecule has 2 aromatic carbocycles. The monoisotopic (exact) mass is 531 g/mol. The third-order valence-corrected chi connectivity index (χ3v) is 6.87. The van der Waals surface area contributed by atoms with Crippen molar-refractivity contribution in [2.45, 2.75) is 19.9 Å². The van der Waals surface area contributed by atoms with Crippen LogP contribution in [0.15, 0.2) is 46.0 Å². The van der Waals surface area contributed by atoms with Gasteiger partial charge in [-0.05, 0) is 30.7 Å². The molecule has 0 amide bonds. The van der Waals surface area contributed by atoms with Crippen molar-refractivity contribution in [2.24, 2.45) is 0 Å². The molecule has 0 aliphatic carbocycles. The summed E-state index contributed by atoms with van der Waals surface area (Å²) in [6.07, 6.45) is 1.73. The van der Waals surface area contributed by atoms with Crippen LogP contribution in [-0.2, 0) is 16.6 Å². The molecule has 0 atom stereocenters. The highest BCUT2D eigenvalue weighted by molar-refractivity contribution is 7.92. The smallest absolute Gasteiger partial charge is 0.328 e. The van der Waals surface area contributed by atoms with Crippen LogP contribution in [0.4, 0.5) is 11.4 Å². The van der Waals surface area contributed by atoms with Gasteiger partial charge in [-0.25, -0.2) is 13.2 Å². The van der Waals surface area contributed by atoms with Crippen LogP contribution >= 0.6 is 0 Å². The minimum Gasteiger partial charge on any atom is -0.495 e. The number of aromatic amines is 1. The maximum Gasteiger partial charge on any atom is 0.328 e. The van der Waals surface area contributed by atoms with Gasteiger partial charge in [-0.15, -0.1) is 0 Å². The molecule has 0 saturated carbocycles. The number of nitrogens with zero attached hydrogens (tertiary/aromatic N) is 3. The molecule has 200 valence electrons. The number of aromatic nitrogens is 2. The van der Waals surface area contributed by atoms with Crippen LogP contribution in [0.5, 0.6) is 11.5 Å². The average Bonchev–Trinajstić information content (AvgIpc) is 2.87. The van der Waals surface area contributed by atoms with E-state index in [2.05, 4.69) is 19.5 Å². The summed E-state index contributed by atoms with van der Waals surface area (Å²) in [5.41, 5.74) is 0.477. The van der Waals surface area contributed by atoms with Gasteiger partial charge < -0.3 is 19.4 Å². The normalized spacial score (nSPS) is 14.6. The van der Waals surface area contributed by atoms with Gasteiger partial charge in [-0.2, -0.15) is 0 Å². The van der Waals surface area contributed by atoms with Gasteiger partial charge in [-0.3, -0.25) is 19.0 Å². The molecular formula is C25H33N5O6S. The van der Waals surface area contributed by atoms with Crippen molar-refractivity contribution in [1.29, 1.82) is 0 Å². The Morgan fingerprint density at radius 3 is 2.43 bits per heavy atom. The number of anilines is 2. The van der Waals surface area contributed by atoms with Crippen molar-refractivity contribution in [3.05, 3.63) is 57.2 Å². The molecule has 4 rings (SSSR count). The van der Waals surface area contributed by atoms with Gasteiger partial charge in [0.1, 0.15) is 11.5 Å². The summed E-state index contributed by atoms with van der Waals surface area (Å²) in [6.45, 7) is 6.22. The molecule has 1 saturated heterocycles. The number of hydrogen-bond acceptors (Lipinski definition) is 8. The van der Waals surface area contributed by atoms with E-state index in [1.165, 1.54) is 16.7 Å². The number of fused-ring (bicyclic) bond motifs is 1. The zero-order chi connectivity index (χ0) is 26.6. The Labute approximate surface area is 215 Å². The van der Waals surface area contributed by atoms with E-state index >= 15 is 0 Å². The lowest BCUT2D eigenvalue weighted by atomic mass is 10.2. The summed E-state index contributed by atoms with van der Waals surface area (Å²) in [4.78, 5) is 33.2. The highest BCUT2D eigenvalue weighted by Crippen LogP contribution is 2.30. The molecule has 0 radical (unpaired) electrons. The Bertz CT molecular complexity index is 1480. The number of sulfonamides is 1. The van der Waals surface area contributed by atoms with Crippen LogP contribution in [0.2, 0.25) is 0 Å². The largest absolute Gasteiger partial charge is 0.495 e. The van der Waals surface area contributed by atoms with Gasteiger partial charge in [0.25, 0.3) is 5.56 Å². The second kappa shape index (κ2) is 11.3. The Kier molecular flexibility index (Phi) is 8.08. The van der Waals surface area contributed by atoms with Crippen LogP contribution < -0.4 is 30.3 Å². The zero-order valence-corrected chi connectivity index (χ0v) is 22.1. The lowest BCUT2D eigenvalue weighted by molar-refractivity contribution is 0.245. The topological polar surface area (TPSA) is 126 Å². The number of ether oxygens (including phenoxy) is 2. The van der Waals surface area contributed by atoms with Gasteiger partial charge >= 0.3 is 5.69 Å². The highest BCUT2D eigenvalue weighted by atomic mass is 32.2. The highest BCUT2D eigenvalue weighted by Gasteiger charge is 2.20. The zero-order valence-electron chi connectivity index (χ0n) is 21.3. The second-order valence-corrected chi connectivity index (χ2v) is 10.8. The maximum absolute atomic E-state index is 13.3. The number of nitrogens with one attached hydrogen (secondary N) is 2. The molecule has 2 N–H and O–H groups in total. The van der Waals surface area contributed by atoms with Crippen LogP contribution in [0.25, 0.3) is 10.9 Å². The van der Waals surface area contributed by atoms with E-state index in [-0.39, 0.29) is 28.9 Å². The molecular weight excluding hydrogens is 498 g/mol. The predicted molar refractivity (Wildman–Crippen MR) is 145 cm³/mol. The van der Waals surface area contributed by atoms with Crippen LogP contribution in [-0.4, -0.2) is 75.6 Å². The molecule has 37 heavy (non-hydrogen) atoms. The second-order valence-electron chi connectivity index (χ2n) is 9.00. The van der Waals surface area contributed by atoms with E-state index in [1.807, 2.05) is 31.2 Å². The van der Waals surface area contributed by atoms with Crippen molar-refractivity contribution in [3.8, 4) is 11.5 Å². The molecule has 1 fully saturated rings. The summed E-state index contributed by atoms with van der Waals surface area (Å²) >= 11 is 0. The standard InChI is InChI=1S/C25H33N5O6S/c1-4-15-36-23-16-18-19(17-20(23)27-37(3,33)34)26-25(32)30(24(18)31)14-11-28-9-12-29(13-10-28)21-7-5-6-8-22(21)35-2/h5-8,16-17,27H,4,9-15H2,1-3H3,(H,26,32). The van der Waals surface area contributed by atoms with Gasteiger partial charge in [0, 0.05) is 39.3 Å². The van der Waals surface area contributed by atoms with E-state index in [0.717, 1.165) is 43.9 Å². The molecule has 0 unspecified atom stereocenters. The van der Waals surface area contributed by atoms with Crippen molar-refractivity contribution in [2.75, 3.05) is 62.3 Å². The molecule has 2 heterocycles. The van der Waals surface area contributed by atoms with Crippen LogP contribution in [0.1, 0.15) is 13.3 Å². The molecule has 11 nitrogen and oxygen atoms in total. The van der Waals surface area contributed by atoms with Gasteiger partial charge in [0.05, 0.1) is 42.3 Å². The Hall–Kier alpha value is -3.51. The molecule has 1 aliphatic rings. The number of methoxy groups -OCH3 is 1. The number of para-hydroxylation sites is 2. The fraction of sp³-hybridized carbons (Fsp3) is 0.440. The lowest BCUT2D eigenvalue weighted by Crippen LogP contribution is -2.48. The van der Waals surface area contributed by atoms with Crippen LogP contribution in [0.3, 0.4) is 0 Å². The number of hydrogen-bond donors (Lipinski definition) is 2. The number of rotatable bonds is 10. The van der Waals surface area contributed by atoms with Crippen molar-refractivity contribution in [3.63, 3.8) is 0 Å². The van der Waals surface area contributed by atoms with Crippen molar-refractivity contribution in [1.82, 2.24) is 14.5 Å². The first-order chi connectivity index (χ1) is 17.7. The quantitative estimate of drug-likeness (QED) is 0.405. The Balaban J connectivity index is 1.51. The summed E-state index contributed by atoms with van der Waals surface area (Å²) in [5.74, 6) is 1.07. The molecule has 0 spiro atoms. The first-order valence-electron chi connectivity index (χ1n) is 12.2. The first-order valence-corrected chi connectivity index (χ1v) is 14.1. The molecule has 3 aromatic rings. The van der Waals surface area contributed by atoms with E-state index in [9.17, 15) is 18.0 Å². The minimum atomic E-state index is -3.59. The number of benzene rings is 2. The third-order valence-electron chi connectivity index (χ3n) is 6.28. The van der Waals surface area contributed by atoms with Gasteiger partial charge in [-0.1, -0.05) is 19.1 Å². The van der Waals surface area contributed by atoms with E-state index in [4.69, 9.17) is 9.47 Å². The van der Waals surface area contributed by atoms with Crippen molar-refractivity contribution < 1.29 is 17.9 Å². The molecule has 12 heteroatoms. The van der Waals surface area contributed by atoms with Gasteiger partial charge in [0.15, 0.2) is 0 Å². The molecule has 0 bridgehead atoms.